The van der Waals surface area contributed by atoms with E-state index in [0.717, 1.165) is 0 Å². The summed E-state index contributed by atoms with van der Waals surface area (Å²) in [6.45, 7) is 3.30. The van der Waals surface area contributed by atoms with Crippen molar-refractivity contribution in [3.63, 3.8) is 0 Å². The topological polar surface area (TPSA) is 138 Å². The predicted molar refractivity (Wildman–Crippen MR) is 79.7 cm³/mol. The predicted octanol–water partition coefficient (Wildman–Crippen LogP) is 1.45. The highest BCUT2D eigenvalue weighted by molar-refractivity contribution is 8.13. The molecule has 0 spiro atoms. The van der Waals surface area contributed by atoms with Gasteiger partial charge in [-0.15, -0.1) is 11.8 Å². The van der Waals surface area contributed by atoms with Gasteiger partial charge in [-0.1, -0.05) is 14.9 Å². The number of aliphatic imine (C=N–C) groups is 1. The second-order valence-electron chi connectivity index (χ2n) is 2.09. The zero-order valence-corrected chi connectivity index (χ0v) is 9.90. The average molecular weight is 252 g/mol. The third-order valence-corrected chi connectivity index (χ3v) is 1.18. The first-order chi connectivity index (χ1) is 6.27. The maximum atomic E-state index is 6.71. The van der Waals surface area contributed by atoms with Crippen LogP contribution in [0.3, 0.4) is 0 Å². The van der Waals surface area contributed by atoms with Crippen molar-refractivity contribution >= 4 is 28.6 Å². The lowest BCUT2D eigenvalue weighted by Gasteiger charge is -1.77. The molecule has 16 heavy (non-hydrogen) atoms. The van der Waals surface area contributed by atoms with Gasteiger partial charge in [-0.05, 0) is 20.1 Å². The lowest BCUT2D eigenvalue weighted by molar-refractivity contribution is 1.36. The summed E-state index contributed by atoms with van der Waals surface area (Å²) in [6.07, 6.45) is 1.89. The van der Waals surface area contributed by atoms with Gasteiger partial charge in [-0.25, -0.2) is 0 Å². The van der Waals surface area contributed by atoms with Crippen LogP contribution in [-0.2, 0) is 0 Å². The van der Waals surface area contributed by atoms with Crippen LogP contribution in [-0.4, -0.2) is 30.1 Å². The molecular formula is C9H28N6S. The van der Waals surface area contributed by atoms with Crippen LogP contribution in [0.15, 0.2) is 4.99 Å². The van der Waals surface area contributed by atoms with Gasteiger partial charge >= 0.3 is 0 Å². The number of rotatable bonds is 0. The number of guanidine groups is 1. The molecule has 6 nitrogen and oxygen atoms in total. The quantitative estimate of drug-likeness (QED) is 0.329. The Hall–Kier alpha value is -1.24. The molecular weight excluding hydrogens is 224 g/mol. The SMILES string of the molecule is C.C.CC(=N)N.CN=C(N)N.CSC(C)=N. The maximum absolute atomic E-state index is 6.71. The van der Waals surface area contributed by atoms with Crippen molar-refractivity contribution in [3.05, 3.63) is 0 Å². The summed E-state index contributed by atoms with van der Waals surface area (Å²) in [5, 5.41) is 13.7. The van der Waals surface area contributed by atoms with Crippen molar-refractivity contribution in [2.75, 3.05) is 13.3 Å². The van der Waals surface area contributed by atoms with Gasteiger partial charge in [0.15, 0.2) is 5.96 Å². The summed E-state index contributed by atoms with van der Waals surface area (Å²) in [5.74, 6) is 0.296. The molecule has 0 unspecified atom stereocenters. The molecule has 0 bridgehead atoms. The van der Waals surface area contributed by atoms with Gasteiger partial charge in [0.2, 0.25) is 0 Å². The molecule has 0 aromatic carbocycles. The van der Waals surface area contributed by atoms with Crippen molar-refractivity contribution in [3.8, 4) is 0 Å². The number of nitrogens with zero attached hydrogens (tertiary/aromatic N) is 1. The second kappa shape index (κ2) is 23.5. The minimum Gasteiger partial charge on any atom is -0.388 e. The first-order valence-electron chi connectivity index (χ1n) is 3.65. The molecule has 100 valence electrons. The van der Waals surface area contributed by atoms with Crippen LogP contribution < -0.4 is 17.2 Å². The van der Waals surface area contributed by atoms with Gasteiger partial charge in [0, 0.05) is 7.05 Å². The first-order valence-corrected chi connectivity index (χ1v) is 4.87. The highest BCUT2D eigenvalue weighted by Crippen LogP contribution is 1.89. The molecule has 0 aromatic heterocycles. The van der Waals surface area contributed by atoms with Gasteiger partial charge in [-0.3, -0.25) is 15.8 Å². The molecule has 0 atom stereocenters. The molecule has 0 rings (SSSR count). The number of nitrogens with one attached hydrogen (secondary N) is 2. The fraction of sp³-hybridized carbons (Fsp3) is 0.667. The summed E-state index contributed by atoms with van der Waals surface area (Å²) in [5.41, 5.74) is 14.3. The molecule has 0 aliphatic carbocycles. The molecule has 0 amide bonds. The van der Waals surface area contributed by atoms with E-state index >= 15 is 0 Å². The molecule has 0 radical (unpaired) electrons. The van der Waals surface area contributed by atoms with Gasteiger partial charge in [0.05, 0.1) is 10.9 Å². The van der Waals surface area contributed by atoms with E-state index in [0.29, 0.717) is 5.04 Å². The first kappa shape index (κ1) is 29.3. The van der Waals surface area contributed by atoms with Crippen molar-refractivity contribution in [1.82, 2.24) is 0 Å². The molecule has 0 aliphatic heterocycles. The van der Waals surface area contributed by atoms with E-state index < -0.39 is 0 Å². The molecule has 0 saturated heterocycles. The number of amidine groups is 1. The molecule has 0 aromatic rings. The van der Waals surface area contributed by atoms with Crippen molar-refractivity contribution in [2.24, 2.45) is 22.2 Å². The minimum atomic E-state index is 0. The summed E-state index contributed by atoms with van der Waals surface area (Å²) in [6, 6.07) is 0. The molecule has 0 aliphatic rings. The Bertz CT molecular complexity index is 182. The Morgan fingerprint density at radius 3 is 1.19 bits per heavy atom. The number of nitrogens with two attached hydrogens (primary N) is 3. The molecule has 8 N–H and O–H groups in total. The third-order valence-electron chi connectivity index (χ3n) is 0.564. The van der Waals surface area contributed by atoms with Crippen LogP contribution in [0.4, 0.5) is 0 Å². The van der Waals surface area contributed by atoms with Crippen LogP contribution in [0.5, 0.6) is 0 Å². The Morgan fingerprint density at radius 1 is 1.06 bits per heavy atom. The lowest BCUT2D eigenvalue weighted by Crippen LogP contribution is -2.21. The van der Waals surface area contributed by atoms with Crippen LogP contribution in [0, 0.1) is 10.8 Å². The highest BCUT2D eigenvalue weighted by atomic mass is 32.2. The summed E-state index contributed by atoms with van der Waals surface area (Å²) in [7, 11) is 1.54. The minimum absolute atomic E-state index is 0. The van der Waals surface area contributed by atoms with E-state index in [-0.39, 0.29) is 26.6 Å². The fourth-order valence-corrected chi connectivity index (χ4v) is 0. The molecule has 0 saturated carbocycles. The zero-order chi connectivity index (χ0) is 12.1. The fourth-order valence-electron chi connectivity index (χ4n) is 0. The van der Waals surface area contributed by atoms with Gasteiger partial charge in [0.1, 0.15) is 0 Å². The van der Waals surface area contributed by atoms with Gasteiger partial charge < -0.3 is 17.2 Å². The Balaban J connectivity index is -0.0000000358. The van der Waals surface area contributed by atoms with E-state index in [4.69, 9.17) is 28.0 Å². The van der Waals surface area contributed by atoms with E-state index in [2.05, 4.69) is 4.99 Å². The number of thioether (sulfide) groups is 1. The van der Waals surface area contributed by atoms with E-state index in [9.17, 15) is 0 Å². The average Bonchev–Trinajstić information content (AvgIpc) is 2.04. The van der Waals surface area contributed by atoms with Crippen LogP contribution in [0.1, 0.15) is 28.7 Å². The van der Waals surface area contributed by atoms with Crippen LogP contribution in [0.2, 0.25) is 0 Å². The smallest absolute Gasteiger partial charge is 0.185 e. The second-order valence-corrected chi connectivity index (χ2v) is 3.11. The van der Waals surface area contributed by atoms with Crippen molar-refractivity contribution < 1.29 is 0 Å². The normalized spacial score (nSPS) is 6.00. The maximum Gasteiger partial charge on any atom is 0.185 e. The summed E-state index contributed by atoms with van der Waals surface area (Å²) in [4.78, 5) is 3.36. The largest absolute Gasteiger partial charge is 0.388 e. The van der Waals surface area contributed by atoms with Crippen molar-refractivity contribution in [2.45, 2.75) is 28.7 Å². The summed E-state index contributed by atoms with van der Waals surface area (Å²) >= 11 is 1.46. The van der Waals surface area contributed by atoms with E-state index in [1.807, 2.05) is 6.26 Å². The van der Waals surface area contributed by atoms with E-state index in [1.54, 1.807) is 6.92 Å². The van der Waals surface area contributed by atoms with Crippen LogP contribution >= 0.6 is 11.8 Å². The molecule has 7 heteroatoms. The lowest BCUT2D eigenvalue weighted by atomic mass is 10.8. The van der Waals surface area contributed by atoms with Gasteiger partial charge in [0.25, 0.3) is 0 Å². The van der Waals surface area contributed by atoms with E-state index in [1.165, 1.54) is 25.7 Å². The summed E-state index contributed by atoms with van der Waals surface area (Å²) < 4.78 is 0. The Morgan fingerprint density at radius 2 is 1.19 bits per heavy atom. The van der Waals surface area contributed by atoms with Crippen molar-refractivity contribution in [1.29, 1.82) is 10.8 Å². The monoisotopic (exact) mass is 252 g/mol. The Labute approximate surface area is 104 Å². The third kappa shape index (κ3) is 232. The number of hydrogen-bond donors (Lipinski definition) is 5. The molecule has 0 heterocycles. The molecule has 0 fully saturated rings. The van der Waals surface area contributed by atoms with Crippen LogP contribution in [0.25, 0.3) is 0 Å². The standard InChI is InChI=1S/C3H7NS.C2H7N3.C2H6N2.2CH4/c1-3(4)5-2;1-5-2(3)4;1-2(3)4;;/h4H,1-2H3;1H3,(H4,3,4,5);1H3,(H3,3,4);2*1H4. The number of hydrogen-bond acceptors (Lipinski definition) is 4. The Kier molecular flexibility index (Phi) is 43.1. The highest BCUT2D eigenvalue weighted by Gasteiger charge is 1.70. The van der Waals surface area contributed by atoms with Gasteiger partial charge in [-0.2, -0.15) is 0 Å². The zero-order valence-electron chi connectivity index (χ0n) is 9.09.